The summed E-state index contributed by atoms with van der Waals surface area (Å²) < 4.78 is 57.5. The zero-order valence-corrected chi connectivity index (χ0v) is 17.7. The maximum Gasteiger partial charge on any atom is 0.264 e. The van der Waals surface area contributed by atoms with E-state index in [2.05, 4.69) is 5.32 Å². The average Bonchev–Trinajstić information content (AvgIpc) is 3.01. The quantitative estimate of drug-likeness (QED) is 0.739. The van der Waals surface area contributed by atoms with Gasteiger partial charge in [0, 0.05) is 6.92 Å². The number of carbonyl (C=O) groups is 1. The van der Waals surface area contributed by atoms with E-state index in [1.807, 2.05) is 0 Å². The molecule has 1 fully saturated rings. The third kappa shape index (κ3) is 4.54. The van der Waals surface area contributed by atoms with Gasteiger partial charge < -0.3 is 10.1 Å². The molecule has 156 valence electrons. The van der Waals surface area contributed by atoms with Crippen LogP contribution in [0.4, 0.5) is 11.4 Å². The summed E-state index contributed by atoms with van der Waals surface area (Å²) in [6.07, 6.45) is 0.213. The predicted molar refractivity (Wildman–Crippen MR) is 110 cm³/mol. The molecule has 0 unspecified atom stereocenters. The van der Waals surface area contributed by atoms with E-state index in [4.69, 9.17) is 4.74 Å². The zero-order chi connectivity index (χ0) is 21.2. The molecular weight excluding hydrogens is 416 g/mol. The summed E-state index contributed by atoms with van der Waals surface area (Å²) in [5, 5.41) is 2.56. The van der Waals surface area contributed by atoms with Crippen LogP contribution in [0.2, 0.25) is 0 Å². The van der Waals surface area contributed by atoms with Crippen molar-refractivity contribution in [1.82, 2.24) is 0 Å². The Morgan fingerprint density at radius 2 is 1.86 bits per heavy atom. The van der Waals surface area contributed by atoms with Crippen molar-refractivity contribution in [2.24, 2.45) is 0 Å². The lowest BCUT2D eigenvalue weighted by molar-refractivity contribution is -0.114. The number of methoxy groups -OCH3 is 1. The Labute approximate surface area is 170 Å². The van der Waals surface area contributed by atoms with E-state index in [9.17, 15) is 21.6 Å². The normalized spacial score (nSPS) is 18.2. The highest BCUT2D eigenvalue weighted by atomic mass is 32.2. The monoisotopic (exact) mass is 438 g/mol. The number of hydrogen-bond acceptors (Lipinski definition) is 6. The number of rotatable bonds is 6. The first-order chi connectivity index (χ1) is 13.6. The minimum Gasteiger partial charge on any atom is -0.495 e. The molecule has 0 saturated carbocycles. The molecule has 10 heteroatoms. The number of amides is 1. The van der Waals surface area contributed by atoms with E-state index in [-0.39, 0.29) is 34.4 Å². The minimum absolute atomic E-state index is 0.0593. The summed E-state index contributed by atoms with van der Waals surface area (Å²) in [4.78, 5) is 11.4. The lowest BCUT2D eigenvalue weighted by Crippen LogP contribution is -2.41. The van der Waals surface area contributed by atoms with Crippen LogP contribution in [0.1, 0.15) is 13.3 Å². The molecule has 1 amide bonds. The van der Waals surface area contributed by atoms with Crippen LogP contribution in [0.25, 0.3) is 0 Å². The molecule has 2 aromatic rings. The number of nitrogens with zero attached hydrogens (tertiary/aromatic N) is 1. The van der Waals surface area contributed by atoms with Gasteiger partial charge in [0.25, 0.3) is 10.0 Å². The van der Waals surface area contributed by atoms with Crippen molar-refractivity contribution >= 4 is 37.1 Å². The molecule has 29 heavy (non-hydrogen) atoms. The lowest BCUT2D eigenvalue weighted by atomic mass is 10.2. The van der Waals surface area contributed by atoms with Crippen LogP contribution in [0.15, 0.2) is 53.4 Å². The van der Waals surface area contributed by atoms with E-state index in [0.717, 1.165) is 4.31 Å². The number of hydrogen-bond donors (Lipinski definition) is 1. The molecule has 1 N–H and O–H groups in total. The number of carbonyl (C=O) groups excluding carboxylic acids is 1. The first kappa shape index (κ1) is 21.1. The fraction of sp³-hybridized carbons (Fsp3) is 0.316. The zero-order valence-electron chi connectivity index (χ0n) is 16.0. The standard InChI is InChI=1S/C19H22N2O6S2/c1-14(22)20-18-12-17(8-9-19(18)27-2)29(25,26)21(15-6-4-3-5-7-15)16-10-11-28(23,24)13-16/h3-9,12,16H,10-11,13H2,1-2H3,(H,20,22)/t16-/m1/s1. The highest BCUT2D eigenvalue weighted by molar-refractivity contribution is 7.93. The van der Waals surface area contributed by atoms with Crippen LogP contribution in [0.5, 0.6) is 5.75 Å². The first-order valence-corrected chi connectivity index (χ1v) is 12.2. The number of anilines is 2. The van der Waals surface area contributed by atoms with Gasteiger partial charge in [-0.2, -0.15) is 0 Å². The van der Waals surface area contributed by atoms with Crippen LogP contribution in [-0.4, -0.2) is 47.4 Å². The van der Waals surface area contributed by atoms with E-state index in [1.165, 1.54) is 32.2 Å². The van der Waals surface area contributed by atoms with E-state index in [1.54, 1.807) is 30.3 Å². The summed E-state index contributed by atoms with van der Waals surface area (Å²) in [6, 6.07) is 11.8. The number of benzene rings is 2. The molecule has 0 radical (unpaired) electrons. The summed E-state index contributed by atoms with van der Waals surface area (Å²) in [6.45, 7) is 1.31. The number of nitrogens with one attached hydrogen (secondary N) is 1. The molecule has 1 aliphatic heterocycles. The molecule has 8 nitrogen and oxygen atoms in total. The summed E-state index contributed by atoms with van der Waals surface area (Å²) in [7, 11) is -6.01. The Hall–Kier alpha value is -2.59. The third-order valence-corrected chi connectivity index (χ3v) is 8.22. The van der Waals surface area contributed by atoms with Crippen molar-refractivity contribution in [2.75, 3.05) is 28.2 Å². The molecule has 0 bridgehead atoms. The summed E-state index contributed by atoms with van der Waals surface area (Å²) in [5.41, 5.74) is 0.597. The largest absolute Gasteiger partial charge is 0.495 e. The van der Waals surface area contributed by atoms with Gasteiger partial charge in [-0.05, 0) is 36.8 Å². The summed E-state index contributed by atoms with van der Waals surface area (Å²) >= 11 is 0. The minimum atomic E-state index is -4.11. The molecular formula is C19H22N2O6S2. The Morgan fingerprint density at radius 3 is 2.41 bits per heavy atom. The number of ether oxygens (including phenoxy) is 1. The molecule has 0 aromatic heterocycles. The van der Waals surface area contributed by atoms with Crippen LogP contribution in [-0.2, 0) is 24.7 Å². The number of sulfonamides is 1. The molecule has 1 heterocycles. The van der Waals surface area contributed by atoms with Crippen molar-refractivity contribution < 1.29 is 26.4 Å². The third-order valence-electron chi connectivity index (χ3n) is 4.59. The molecule has 1 saturated heterocycles. The fourth-order valence-corrected chi connectivity index (χ4v) is 6.83. The number of sulfone groups is 1. The van der Waals surface area contributed by atoms with Gasteiger partial charge in [-0.1, -0.05) is 18.2 Å². The topological polar surface area (TPSA) is 110 Å². The van der Waals surface area contributed by atoms with E-state index < -0.39 is 25.9 Å². The first-order valence-electron chi connectivity index (χ1n) is 8.89. The highest BCUT2D eigenvalue weighted by Crippen LogP contribution is 2.34. The Kier molecular flexibility index (Phi) is 5.85. The van der Waals surface area contributed by atoms with Crippen LogP contribution in [0.3, 0.4) is 0 Å². The molecule has 1 atom stereocenters. The fourth-order valence-electron chi connectivity index (χ4n) is 3.33. The highest BCUT2D eigenvalue weighted by Gasteiger charge is 2.39. The van der Waals surface area contributed by atoms with E-state index in [0.29, 0.717) is 11.4 Å². The molecule has 1 aliphatic rings. The SMILES string of the molecule is COc1ccc(S(=O)(=O)N(c2ccccc2)[C@@H]2CCS(=O)(=O)C2)cc1NC(C)=O. The number of para-hydroxylation sites is 1. The average molecular weight is 439 g/mol. The van der Waals surface area contributed by atoms with Crippen molar-refractivity contribution in [2.45, 2.75) is 24.3 Å². The second-order valence-electron chi connectivity index (χ2n) is 6.74. The molecule has 3 rings (SSSR count). The maximum absolute atomic E-state index is 13.5. The lowest BCUT2D eigenvalue weighted by Gasteiger charge is -2.30. The predicted octanol–water partition coefficient (Wildman–Crippen LogP) is 2.04. The molecule has 0 aliphatic carbocycles. The maximum atomic E-state index is 13.5. The second kappa shape index (κ2) is 8.03. The van der Waals surface area contributed by atoms with Crippen molar-refractivity contribution in [1.29, 1.82) is 0 Å². The Balaban J connectivity index is 2.11. The van der Waals surface area contributed by atoms with Gasteiger partial charge in [-0.3, -0.25) is 9.10 Å². The van der Waals surface area contributed by atoms with Crippen LogP contribution >= 0.6 is 0 Å². The molecule has 2 aromatic carbocycles. The van der Waals surface area contributed by atoms with Crippen molar-refractivity contribution in [3.05, 3.63) is 48.5 Å². The second-order valence-corrected chi connectivity index (χ2v) is 10.8. The van der Waals surface area contributed by atoms with Gasteiger partial charge in [0.15, 0.2) is 9.84 Å². The van der Waals surface area contributed by atoms with Gasteiger partial charge in [-0.15, -0.1) is 0 Å². The Morgan fingerprint density at radius 1 is 1.17 bits per heavy atom. The van der Waals surface area contributed by atoms with Crippen LogP contribution in [0, 0.1) is 0 Å². The van der Waals surface area contributed by atoms with Crippen LogP contribution < -0.4 is 14.4 Å². The van der Waals surface area contributed by atoms with Gasteiger partial charge in [-0.25, -0.2) is 16.8 Å². The van der Waals surface area contributed by atoms with Crippen molar-refractivity contribution in [3.63, 3.8) is 0 Å². The molecule has 0 spiro atoms. The van der Waals surface area contributed by atoms with Gasteiger partial charge in [0.05, 0.1) is 40.9 Å². The summed E-state index contributed by atoms with van der Waals surface area (Å²) in [5.74, 6) is -0.361. The van der Waals surface area contributed by atoms with Gasteiger partial charge in [0.2, 0.25) is 5.91 Å². The Bertz CT molecular complexity index is 1110. The van der Waals surface area contributed by atoms with Gasteiger partial charge in [0.1, 0.15) is 5.75 Å². The van der Waals surface area contributed by atoms with Crippen molar-refractivity contribution in [3.8, 4) is 5.75 Å². The smallest absolute Gasteiger partial charge is 0.264 e. The van der Waals surface area contributed by atoms with Gasteiger partial charge >= 0.3 is 0 Å². The van der Waals surface area contributed by atoms with E-state index >= 15 is 0 Å².